The maximum absolute atomic E-state index is 12.0. The van der Waals surface area contributed by atoms with E-state index >= 15 is 0 Å². The van der Waals surface area contributed by atoms with Crippen LogP contribution in [0.2, 0.25) is 0 Å². The normalized spacial score (nSPS) is 11.4. The third kappa shape index (κ3) is 3.77. The Morgan fingerprint density at radius 3 is 2.35 bits per heavy atom. The number of nitrogen functional groups attached to an aromatic ring is 1. The van der Waals surface area contributed by atoms with Gasteiger partial charge in [0.2, 0.25) is 0 Å². The van der Waals surface area contributed by atoms with Crippen LogP contribution >= 0.6 is 0 Å². The molecular weight excluding hydrogens is 212 g/mol. The number of nitrogens with one attached hydrogen (secondary N) is 1. The van der Waals surface area contributed by atoms with Gasteiger partial charge in [-0.2, -0.15) is 0 Å². The number of aryl methyl sites for hydroxylation is 2. The minimum absolute atomic E-state index is 0.0517. The van der Waals surface area contributed by atoms with E-state index in [1.807, 2.05) is 19.9 Å². The molecule has 0 fully saturated rings. The summed E-state index contributed by atoms with van der Waals surface area (Å²) in [5, 5.41) is 2.93. The molecule has 0 heterocycles. The fraction of sp³-hybridized carbons (Fsp3) is 0.500. The summed E-state index contributed by atoms with van der Waals surface area (Å²) in [6, 6.07) is 3.70. The lowest BCUT2D eigenvalue weighted by Gasteiger charge is -2.19. The van der Waals surface area contributed by atoms with Crippen LogP contribution in [0, 0.1) is 19.3 Å². The molecule has 0 spiro atoms. The summed E-state index contributed by atoms with van der Waals surface area (Å²) in [4.78, 5) is 12.0. The summed E-state index contributed by atoms with van der Waals surface area (Å²) in [6.45, 7) is 10.8. The fourth-order valence-electron chi connectivity index (χ4n) is 1.55. The quantitative estimate of drug-likeness (QED) is 0.773. The van der Waals surface area contributed by atoms with Crippen LogP contribution in [-0.2, 0) is 0 Å². The zero-order valence-electron chi connectivity index (χ0n) is 11.3. The SMILES string of the molecule is Cc1cc(C)c(C(=O)NCC(C)(C)C)cc1N. The minimum atomic E-state index is -0.0517. The number of rotatable bonds is 2. The second-order valence-corrected chi connectivity index (χ2v) is 5.77. The van der Waals surface area contributed by atoms with Crippen LogP contribution in [0.3, 0.4) is 0 Å². The van der Waals surface area contributed by atoms with E-state index in [1.54, 1.807) is 6.07 Å². The highest BCUT2D eigenvalue weighted by Crippen LogP contribution is 2.18. The van der Waals surface area contributed by atoms with Gasteiger partial charge in [0.25, 0.3) is 5.91 Å². The molecular formula is C14H22N2O. The zero-order valence-corrected chi connectivity index (χ0v) is 11.3. The van der Waals surface area contributed by atoms with Crippen molar-refractivity contribution in [1.82, 2.24) is 5.32 Å². The summed E-state index contributed by atoms with van der Waals surface area (Å²) < 4.78 is 0. The maximum atomic E-state index is 12.0. The third-order valence-electron chi connectivity index (χ3n) is 2.64. The van der Waals surface area contributed by atoms with Crippen molar-refractivity contribution < 1.29 is 4.79 Å². The first-order valence-corrected chi connectivity index (χ1v) is 5.85. The second kappa shape index (κ2) is 4.78. The molecule has 3 nitrogen and oxygen atoms in total. The van der Waals surface area contributed by atoms with Gasteiger partial charge in [-0.15, -0.1) is 0 Å². The molecule has 1 aromatic carbocycles. The molecule has 0 bridgehead atoms. The number of benzene rings is 1. The molecule has 3 heteroatoms. The Labute approximate surface area is 103 Å². The highest BCUT2D eigenvalue weighted by atomic mass is 16.1. The number of anilines is 1. The molecule has 0 aliphatic rings. The van der Waals surface area contributed by atoms with E-state index in [0.717, 1.165) is 11.1 Å². The lowest BCUT2D eigenvalue weighted by atomic mass is 9.96. The lowest BCUT2D eigenvalue weighted by molar-refractivity contribution is 0.0938. The Bertz CT molecular complexity index is 431. The standard InChI is InChI=1S/C14H22N2O/c1-9-6-10(2)12(15)7-11(9)13(17)16-8-14(3,4)5/h6-7H,8,15H2,1-5H3,(H,16,17). The number of hydrogen-bond acceptors (Lipinski definition) is 2. The number of carbonyl (C=O) groups is 1. The predicted octanol–water partition coefficient (Wildman–Crippen LogP) is 2.66. The van der Waals surface area contributed by atoms with Crippen molar-refractivity contribution in [2.24, 2.45) is 5.41 Å². The molecule has 0 saturated heterocycles. The third-order valence-corrected chi connectivity index (χ3v) is 2.64. The molecule has 0 aliphatic heterocycles. The van der Waals surface area contributed by atoms with Crippen molar-refractivity contribution in [3.05, 3.63) is 28.8 Å². The van der Waals surface area contributed by atoms with Gasteiger partial charge in [-0.25, -0.2) is 0 Å². The summed E-state index contributed by atoms with van der Waals surface area (Å²) in [6.07, 6.45) is 0. The van der Waals surface area contributed by atoms with Crippen LogP contribution in [0.4, 0.5) is 5.69 Å². The molecule has 0 atom stereocenters. The Morgan fingerprint density at radius 1 is 1.24 bits per heavy atom. The van der Waals surface area contributed by atoms with Crippen molar-refractivity contribution in [3.63, 3.8) is 0 Å². The zero-order chi connectivity index (χ0) is 13.2. The summed E-state index contributed by atoms with van der Waals surface area (Å²) in [5.41, 5.74) is 9.21. The van der Waals surface area contributed by atoms with E-state index in [4.69, 9.17) is 5.73 Å². The molecule has 94 valence electrons. The van der Waals surface area contributed by atoms with Gasteiger partial charge in [-0.1, -0.05) is 26.8 Å². The Balaban J connectivity index is 2.86. The molecule has 1 rings (SSSR count). The van der Waals surface area contributed by atoms with E-state index < -0.39 is 0 Å². The molecule has 0 aromatic heterocycles. The van der Waals surface area contributed by atoms with Crippen LogP contribution < -0.4 is 11.1 Å². The molecule has 1 amide bonds. The Kier molecular flexibility index (Phi) is 3.81. The molecule has 1 aromatic rings. The van der Waals surface area contributed by atoms with Gasteiger partial charge in [0, 0.05) is 17.8 Å². The minimum Gasteiger partial charge on any atom is -0.398 e. The Morgan fingerprint density at radius 2 is 1.82 bits per heavy atom. The van der Waals surface area contributed by atoms with Crippen molar-refractivity contribution >= 4 is 11.6 Å². The van der Waals surface area contributed by atoms with E-state index in [9.17, 15) is 4.79 Å². The molecule has 0 saturated carbocycles. The maximum Gasteiger partial charge on any atom is 0.251 e. The van der Waals surface area contributed by atoms with Gasteiger partial charge in [0.1, 0.15) is 0 Å². The van der Waals surface area contributed by atoms with Crippen LogP contribution in [0.1, 0.15) is 42.3 Å². The van der Waals surface area contributed by atoms with E-state index in [-0.39, 0.29) is 11.3 Å². The van der Waals surface area contributed by atoms with Crippen molar-refractivity contribution in [1.29, 1.82) is 0 Å². The topological polar surface area (TPSA) is 55.1 Å². The van der Waals surface area contributed by atoms with Crippen LogP contribution in [0.15, 0.2) is 12.1 Å². The van der Waals surface area contributed by atoms with Crippen LogP contribution in [-0.4, -0.2) is 12.5 Å². The van der Waals surface area contributed by atoms with Gasteiger partial charge in [-0.05, 0) is 36.5 Å². The number of hydrogen-bond donors (Lipinski definition) is 2. The first-order chi connectivity index (χ1) is 7.70. The summed E-state index contributed by atoms with van der Waals surface area (Å²) in [5.74, 6) is -0.0517. The second-order valence-electron chi connectivity index (χ2n) is 5.77. The van der Waals surface area contributed by atoms with Gasteiger partial charge < -0.3 is 11.1 Å². The van der Waals surface area contributed by atoms with Gasteiger partial charge in [0.15, 0.2) is 0 Å². The molecule has 0 aliphatic carbocycles. The molecule has 0 radical (unpaired) electrons. The lowest BCUT2D eigenvalue weighted by Crippen LogP contribution is -2.32. The summed E-state index contributed by atoms with van der Waals surface area (Å²) >= 11 is 0. The van der Waals surface area contributed by atoms with Crippen molar-refractivity contribution in [3.8, 4) is 0 Å². The first-order valence-electron chi connectivity index (χ1n) is 5.85. The van der Waals surface area contributed by atoms with Crippen LogP contribution in [0.25, 0.3) is 0 Å². The fourth-order valence-corrected chi connectivity index (χ4v) is 1.55. The van der Waals surface area contributed by atoms with Crippen LogP contribution in [0.5, 0.6) is 0 Å². The average Bonchev–Trinajstić information content (AvgIpc) is 2.19. The monoisotopic (exact) mass is 234 g/mol. The van der Waals surface area contributed by atoms with Gasteiger partial charge in [0.05, 0.1) is 0 Å². The Hall–Kier alpha value is -1.51. The predicted molar refractivity (Wildman–Crippen MR) is 72.1 cm³/mol. The number of nitrogens with two attached hydrogens (primary N) is 1. The number of amides is 1. The van der Waals surface area contributed by atoms with E-state index in [1.165, 1.54) is 0 Å². The first kappa shape index (κ1) is 13.6. The number of carbonyl (C=O) groups excluding carboxylic acids is 1. The van der Waals surface area contributed by atoms with Gasteiger partial charge >= 0.3 is 0 Å². The summed E-state index contributed by atoms with van der Waals surface area (Å²) in [7, 11) is 0. The van der Waals surface area contributed by atoms with Gasteiger partial charge in [-0.3, -0.25) is 4.79 Å². The average molecular weight is 234 g/mol. The molecule has 3 N–H and O–H groups in total. The van der Waals surface area contributed by atoms with E-state index in [2.05, 4.69) is 26.1 Å². The molecule has 17 heavy (non-hydrogen) atoms. The smallest absolute Gasteiger partial charge is 0.251 e. The van der Waals surface area contributed by atoms with Crippen molar-refractivity contribution in [2.75, 3.05) is 12.3 Å². The van der Waals surface area contributed by atoms with Crippen molar-refractivity contribution in [2.45, 2.75) is 34.6 Å². The van der Waals surface area contributed by atoms with E-state index in [0.29, 0.717) is 17.8 Å². The molecule has 0 unspecified atom stereocenters. The highest BCUT2D eigenvalue weighted by molar-refractivity contribution is 5.96. The highest BCUT2D eigenvalue weighted by Gasteiger charge is 2.15. The largest absolute Gasteiger partial charge is 0.398 e.